The van der Waals surface area contributed by atoms with E-state index in [0.717, 1.165) is 18.7 Å². The van der Waals surface area contributed by atoms with Gasteiger partial charge in [0.25, 0.3) is 0 Å². The minimum atomic E-state index is -4.35. The van der Waals surface area contributed by atoms with E-state index in [1.165, 1.54) is 6.07 Å². The number of aryl methyl sites for hydroxylation is 1. The first kappa shape index (κ1) is 13.3. The van der Waals surface area contributed by atoms with E-state index >= 15 is 0 Å². The molecule has 0 amide bonds. The number of rotatable bonds is 5. The number of hydrogen-bond donors (Lipinski definition) is 1. The van der Waals surface area contributed by atoms with Crippen molar-refractivity contribution in [2.24, 2.45) is 0 Å². The van der Waals surface area contributed by atoms with E-state index in [2.05, 4.69) is 20.6 Å². The first-order chi connectivity index (χ1) is 9.05. The molecule has 0 saturated carbocycles. The Morgan fingerprint density at radius 2 is 2.11 bits per heavy atom. The maximum atomic E-state index is 12.3. The van der Waals surface area contributed by atoms with Gasteiger partial charge in [-0.15, -0.1) is 5.10 Å². The SMILES string of the molecule is FC(F)(F)c1ccc(NCCCn2ccnn2)nc1. The fourth-order valence-electron chi connectivity index (χ4n) is 1.48. The van der Waals surface area contributed by atoms with E-state index in [9.17, 15) is 13.2 Å². The summed E-state index contributed by atoms with van der Waals surface area (Å²) in [7, 11) is 0. The van der Waals surface area contributed by atoms with Crippen LogP contribution in [0.4, 0.5) is 19.0 Å². The molecule has 8 heteroatoms. The third-order valence-corrected chi connectivity index (χ3v) is 2.43. The molecule has 2 aromatic rings. The summed E-state index contributed by atoms with van der Waals surface area (Å²) in [6.07, 6.45) is 0.575. The predicted octanol–water partition coefficient (Wildman–Crippen LogP) is 2.19. The third kappa shape index (κ3) is 3.94. The van der Waals surface area contributed by atoms with E-state index in [1.54, 1.807) is 17.1 Å². The number of anilines is 1. The lowest BCUT2D eigenvalue weighted by Gasteiger charge is -2.08. The minimum Gasteiger partial charge on any atom is -0.370 e. The van der Waals surface area contributed by atoms with Crippen LogP contribution in [0.1, 0.15) is 12.0 Å². The topological polar surface area (TPSA) is 55.6 Å². The van der Waals surface area contributed by atoms with Gasteiger partial charge in [-0.1, -0.05) is 5.21 Å². The van der Waals surface area contributed by atoms with Crippen LogP contribution in [0.3, 0.4) is 0 Å². The van der Waals surface area contributed by atoms with Gasteiger partial charge in [0, 0.05) is 25.5 Å². The summed E-state index contributed by atoms with van der Waals surface area (Å²) >= 11 is 0. The Kier molecular flexibility index (Phi) is 3.98. The largest absolute Gasteiger partial charge is 0.417 e. The number of hydrogen-bond acceptors (Lipinski definition) is 4. The van der Waals surface area contributed by atoms with Crippen LogP contribution in [0.2, 0.25) is 0 Å². The van der Waals surface area contributed by atoms with Crippen LogP contribution in [0.25, 0.3) is 0 Å². The molecule has 0 spiro atoms. The summed E-state index contributed by atoms with van der Waals surface area (Å²) in [6, 6.07) is 2.32. The van der Waals surface area contributed by atoms with Crippen molar-refractivity contribution in [3.63, 3.8) is 0 Å². The van der Waals surface area contributed by atoms with Gasteiger partial charge < -0.3 is 5.32 Å². The number of halogens is 3. The average Bonchev–Trinajstić information content (AvgIpc) is 2.87. The van der Waals surface area contributed by atoms with Crippen LogP contribution in [0.5, 0.6) is 0 Å². The lowest BCUT2D eigenvalue weighted by molar-refractivity contribution is -0.137. The van der Waals surface area contributed by atoms with E-state index in [0.29, 0.717) is 18.9 Å². The summed E-state index contributed by atoms with van der Waals surface area (Å²) in [5.74, 6) is 0.423. The summed E-state index contributed by atoms with van der Waals surface area (Å²) < 4.78 is 38.6. The van der Waals surface area contributed by atoms with Crippen molar-refractivity contribution >= 4 is 5.82 Å². The fraction of sp³-hybridized carbons (Fsp3) is 0.364. The zero-order valence-electron chi connectivity index (χ0n) is 9.93. The van der Waals surface area contributed by atoms with Crippen molar-refractivity contribution < 1.29 is 13.2 Å². The number of pyridine rings is 1. The van der Waals surface area contributed by atoms with Crippen LogP contribution in [-0.2, 0) is 12.7 Å². The minimum absolute atomic E-state index is 0.423. The summed E-state index contributed by atoms with van der Waals surface area (Å²) in [5.41, 5.74) is -0.749. The van der Waals surface area contributed by atoms with Crippen molar-refractivity contribution in [3.05, 3.63) is 36.3 Å². The van der Waals surface area contributed by atoms with Gasteiger partial charge in [0.15, 0.2) is 0 Å². The molecule has 5 nitrogen and oxygen atoms in total. The highest BCUT2D eigenvalue weighted by Crippen LogP contribution is 2.28. The summed E-state index contributed by atoms with van der Waals surface area (Å²) in [4.78, 5) is 3.71. The maximum absolute atomic E-state index is 12.3. The highest BCUT2D eigenvalue weighted by Gasteiger charge is 2.30. The van der Waals surface area contributed by atoms with Gasteiger partial charge >= 0.3 is 6.18 Å². The van der Waals surface area contributed by atoms with Crippen molar-refractivity contribution in [2.75, 3.05) is 11.9 Å². The molecule has 19 heavy (non-hydrogen) atoms. The van der Waals surface area contributed by atoms with Crippen molar-refractivity contribution in [2.45, 2.75) is 19.1 Å². The molecule has 0 unspecified atom stereocenters. The molecule has 0 atom stereocenters. The van der Waals surface area contributed by atoms with Crippen LogP contribution in [0.15, 0.2) is 30.7 Å². The zero-order valence-corrected chi connectivity index (χ0v) is 9.93. The van der Waals surface area contributed by atoms with Gasteiger partial charge in [-0.3, -0.25) is 4.68 Å². The smallest absolute Gasteiger partial charge is 0.370 e. The number of alkyl halides is 3. The van der Waals surface area contributed by atoms with Crippen LogP contribution < -0.4 is 5.32 Å². The number of aromatic nitrogens is 4. The second-order valence-corrected chi connectivity index (χ2v) is 3.88. The lowest BCUT2D eigenvalue weighted by Crippen LogP contribution is -2.09. The summed E-state index contributed by atoms with van der Waals surface area (Å²) in [5, 5.41) is 10.4. The molecule has 2 heterocycles. The molecule has 0 bridgehead atoms. The van der Waals surface area contributed by atoms with E-state index < -0.39 is 11.7 Å². The molecule has 102 valence electrons. The number of nitrogens with one attached hydrogen (secondary N) is 1. The van der Waals surface area contributed by atoms with Crippen molar-refractivity contribution in [1.29, 1.82) is 0 Å². The second-order valence-electron chi connectivity index (χ2n) is 3.88. The molecule has 0 aromatic carbocycles. The second kappa shape index (κ2) is 5.68. The standard InChI is InChI=1S/C11H12F3N5/c12-11(13,14)9-2-3-10(16-8-9)15-4-1-6-19-7-5-17-18-19/h2-3,5,7-8H,1,4,6H2,(H,15,16). The van der Waals surface area contributed by atoms with Crippen LogP contribution in [0, 0.1) is 0 Å². The van der Waals surface area contributed by atoms with Crippen molar-refractivity contribution in [3.8, 4) is 0 Å². The molecule has 0 aliphatic carbocycles. The molecule has 0 aliphatic heterocycles. The van der Waals surface area contributed by atoms with Crippen molar-refractivity contribution in [1.82, 2.24) is 20.0 Å². The molecule has 0 radical (unpaired) electrons. The van der Waals surface area contributed by atoms with Gasteiger partial charge in [-0.05, 0) is 18.6 Å². The Morgan fingerprint density at radius 1 is 1.26 bits per heavy atom. The molecule has 2 rings (SSSR count). The van der Waals surface area contributed by atoms with E-state index in [-0.39, 0.29) is 0 Å². The Bertz CT molecular complexity index is 492. The maximum Gasteiger partial charge on any atom is 0.417 e. The molecule has 0 saturated heterocycles. The molecule has 0 fully saturated rings. The lowest BCUT2D eigenvalue weighted by atomic mass is 10.3. The Hall–Kier alpha value is -2.12. The summed E-state index contributed by atoms with van der Waals surface area (Å²) in [6.45, 7) is 1.28. The molecule has 0 aliphatic rings. The third-order valence-electron chi connectivity index (χ3n) is 2.43. The molecule has 1 N–H and O–H groups in total. The van der Waals surface area contributed by atoms with E-state index in [4.69, 9.17) is 0 Å². The molecule has 2 aromatic heterocycles. The Morgan fingerprint density at radius 3 is 2.68 bits per heavy atom. The first-order valence-corrected chi connectivity index (χ1v) is 5.67. The van der Waals surface area contributed by atoms with Gasteiger partial charge in [0.05, 0.1) is 11.8 Å². The highest BCUT2D eigenvalue weighted by molar-refractivity contribution is 5.35. The fourth-order valence-corrected chi connectivity index (χ4v) is 1.48. The van der Waals surface area contributed by atoms with Gasteiger partial charge in [-0.25, -0.2) is 4.98 Å². The quantitative estimate of drug-likeness (QED) is 0.847. The first-order valence-electron chi connectivity index (χ1n) is 5.67. The molecular formula is C11H12F3N5. The van der Waals surface area contributed by atoms with E-state index in [1.807, 2.05) is 0 Å². The Balaban J connectivity index is 1.77. The Labute approximate surface area is 107 Å². The average molecular weight is 271 g/mol. The van der Waals surface area contributed by atoms with Gasteiger partial charge in [0.2, 0.25) is 0 Å². The van der Waals surface area contributed by atoms with Gasteiger partial charge in [-0.2, -0.15) is 13.2 Å². The monoisotopic (exact) mass is 271 g/mol. The normalized spacial score (nSPS) is 11.5. The number of nitrogens with zero attached hydrogens (tertiary/aromatic N) is 4. The predicted molar refractivity (Wildman–Crippen MR) is 62.4 cm³/mol. The zero-order chi connectivity index (χ0) is 13.7. The van der Waals surface area contributed by atoms with Crippen LogP contribution in [-0.4, -0.2) is 26.5 Å². The highest BCUT2D eigenvalue weighted by atomic mass is 19.4. The van der Waals surface area contributed by atoms with Gasteiger partial charge in [0.1, 0.15) is 5.82 Å². The molecular weight excluding hydrogens is 259 g/mol. The van der Waals surface area contributed by atoms with Crippen LogP contribution >= 0.6 is 0 Å².